The van der Waals surface area contributed by atoms with E-state index in [9.17, 15) is 4.79 Å². The van der Waals surface area contributed by atoms with E-state index in [1.54, 1.807) is 0 Å². The molecule has 1 fully saturated rings. The van der Waals surface area contributed by atoms with Crippen molar-refractivity contribution in [2.24, 2.45) is 0 Å². The van der Waals surface area contributed by atoms with Gasteiger partial charge in [-0.25, -0.2) is 4.79 Å². The molecule has 0 amide bonds. The Morgan fingerprint density at radius 3 is 2.29 bits per heavy atom. The van der Waals surface area contributed by atoms with Gasteiger partial charge in [-0.05, 0) is 69.2 Å². The van der Waals surface area contributed by atoms with E-state index in [1.807, 2.05) is 26.0 Å². The van der Waals surface area contributed by atoms with Crippen LogP contribution in [-0.4, -0.2) is 18.2 Å². The standard InChI is InChI=1S/C18H26O3/c1-4-18(8-6-5-7-9-18)21-17(19)13-20-16-11-14(2)10-15(3)12-16/h10-12H,4-9,13H2,1-3H3. The van der Waals surface area contributed by atoms with Gasteiger partial charge in [0.1, 0.15) is 11.4 Å². The van der Waals surface area contributed by atoms with Gasteiger partial charge in [-0.2, -0.15) is 0 Å². The molecule has 0 N–H and O–H groups in total. The first kappa shape index (κ1) is 15.9. The van der Waals surface area contributed by atoms with Gasteiger partial charge in [0.25, 0.3) is 0 Å². The van der Waals surface area contributed by atoms with Gasteiger partial charge in [-0.15, -0.1) is 0 Å². The maximum Gasteiger partial charge on any atom is 0.344 e. The largest absolute Gasteiger partial charge is 0.482 e. The number of hydrogen-bond donors (Lipinski definition) is 0. The van der Waals surface area contributed by atoms with Crippen molar-refractivity contribution >= 4 is 5.97 Å². The highest BCUT2D eigenvalue weighted by Crippen LogP contribution is 2.34. The summed E-state index contributed by atoms with van der Waals surface area (Å²) in [7, 11) is 0. The number of esters is 1. The Bertz CT molecular complexity index is 467. The normalized spacial score (nSPS) is 17.3. The van der Waals surface area contributed by atoms with E-state index < -0.39 is 0 Å². The quantitative estimate of drug-likeness (QED) is 0.757. The van der Waals surface area contributed by atoms with Crippen LogP contribution in [0.15, 0.2) is 18.2 Å². The third kappa shape index (κ3) is 4.48. The lowest BCUT2D eigenvalue weighted by atomic mass is 9.83. The lowest BCUT2D eigenvalue weighted by Crippen LogP contribution is -2.38. The summed E-state index contributed by atoms with van der Waals surface area (Å²) < 4.78 is 11.3. The van der Waals surface area contributed by atoms with Crippen LogP contribution in [0.3, 0.4) is 0 Å². The monoisotopic (exact) mass is 290 g/mol. The molecule has 3 nitrogen and oxygen atoms in total. The lowest BCUT2D eigenvalue weighted by Gasteiger charge is -2.35. The Morgan fingerprint density at radius 1 is 1.10 bits per heavy atom. The van der Waals surface area contributed by atoms with E-state index in [1.165, 1.54) is 6.42 Å². The zero-order chi connectivity index (χ0) is 15.3. The number of rotatable bonds is 5. The van der Waals surface area contributed by atoms with Crippen LogP contribution in [-0.2, 0) is 9.53 Å². The topological polar surface area (TPSA) is 35.5 Å². The molecule has 0 radical (unpaired) electrons. The maximum atomic E-state index is 12.1. The van der Waals surface area contributed by atoms with E-state index in [0.29, 0.717) is 0 Å². The molecule has 1 aromatic carbocycles. The summed E-state index contributed by atoms with van der Waals surface area (Å²) >= 11 is 0. The number of hydrogen-bond acceptors (Lipinski definition) is 3. The average Bonchev–Trinajstić information content (AvgIpc) is 2.45. The second-order valence-corrected chi connectivity index (χ2v) is 6.18. The van der Waals surface area contributed by atoms with Gasteiger partial charge in [0.05, 0.1) is 0 Å². The van der Waals surface area contributed by atoms with Crippen molar-refractivity contribution < 1.29 is 14.3 Å². The first-order valence-electron chi connectivity index (χ1n) is 7.96. The summed E-state index contributed by atoms with van der Waals surface area (Å²) in [4.78, 5) is 12.1. The second kappa shape index (κ2) is 6.97. The molecule has 1 aliphatic rings. The van der Waals surface area contributed by atoms with E-state index >= 15 is 0 Å². The van der Waals surface area contributed by atoms with Gasteiger partial charge < -0.3 is 9.47 Å². The summed E-state index contributed by atoms with van der Waals surface area (Å²) in [6.45, 7) is 6.13. The van der Waals surface area contributed by atoms with Crippen LogP contribution in [0.4, 0.5) is 0 Å². The van der Waals surface area contributed by atoms with Gasteiger partial charge in [0.15, 0.2) is 6.61 Å². The smallest absolute Gasteiger partial charge is 0.344 e. The Hall–Kier alpha value is -1.51. The van der Waals surface area contributed by atoms with Crippen molar-refractivity contribution in [2.45, 2.75) is 64.9 Å². The van der Waals surface area contributed by atoms with Crippen LogP contribution in [0.5, 0.6) is 5.75 Å². The molecule has 1 aromatic rings. The van der Waals surface area contributed by atoms with Crippen LogP contribution < -0.4 is 4.74 Å². The molecule has 0 spiro atoms. The minimum absolute atomic E-state index is 0.00928. The van der Waals surface area contributed by atoms with Crippen LogP contribution >= 0.6 is 0 Å². The third-order valence-electron chi connectivity index (χ3n) is 4.29. The molecule has 1 aliphatic carbocycles. The summed E-state index contributed by atoms with van der Waals surface area (Å²) in [5.74, 6) is 0.483. The Morgan fingerprint density at radius 2 is 1.71 bits per heavy atom. The van der Waals surface area contributed by atoms with Gasteiger partial charge in [0.2, 0.25) is 0 Å². The van der Waals surface area contributed by atoms with Gasteiger partial charge in [0, 0.05) is 0 Å². The molecule has 0 heterocycles. The predicted molar refractivity (Wildman–Crippen MR) is 83.6 cm³/mol. The van der Waals surface area contributed by atoms with Crippen molar-refractivity contribution in [3.63, 3.8) is 0 Å². The van der Waals surface area contributed by atoms with Gasteiger partial charge in [-0.3, -0.25) is 0 Å². The highest BCUT2D eigenvalue weighted by atomic mass is 16.6. The second-order valence-electron chi connectivity index (χ2n) is 6.18. The fraction of sp³-hybridized carbons (Fsp3) is 0.611. The van der Waals surface area contributed by atoms with Gasteiger partial charge in [-0.1, -0.05) is 19.4 Å². The zero-order valence-corrected chi connectivity index (χ0v) is 13.4. The zero-order valence-electron chi connectivity index (χ0n) is 13.4. The van der Waals surface area contributed by atoms with E-state index in [4.69, 9.17) is 9.47 Å². The highest BCUT2D eigenvalue weighted by Gasteiger charge is 2.34. The molecular formula is C18H26O3. The molecule has 21 heavy (non-hydrogen) atoms. The summed E-state index contributed by atoms with van der Waals surface area (Å²) in [5, 5.41) is 0. The molecule has 1 saturated carbocycles. The number of carbonyl (C=O) groups is 1. The van der Waals surface area contributed by atoms with Crippen molar-refractivity contribution in [3.8, 4) is 5.75 Å². The third-order valence-corrected chi connectivity index (χ3v) is 4.29. The molecular weight excluding hydrogens is 264 g/mol. The minimum Gasteiger partial charge on any atom is -0.482 e. The molecule has 116 valence electrons. The number of aryl methyl sites for hydroxylation is 2. The fourth-order valence-electron chi connectivity index (χ4n) is 3.15. The van der Waals surface area contributed by atoms with Crippen LogP contribution in [0, 0.1) is 13.8 Å². The van der Waals surface area contributed by atoms with Gasteiger partial charge >= 0.3 is 5.97 Å². The van der Waals surface area contributed by atoms with Crippen molar-refractivity contribution in [3.05, 3.63) is 29.3 Å². The van der Waals surface area contributed by atoms with Crippen LogP contribution in [0.1, 0.15) is 56.6 Å². The predicted octanol–water partition coefficient (Wildman–Crippen LogP) is 4.34. The first-order chi connectivity index (χ1) is 10.0. The van der Waals surface area contributed by atoms with Crippen molar-refractivity contribution in [2.75, 3.05) is 6.61 Å². The lowest BCUT2D eigenvalue weighted by molar-refractivity contribution is -0.166. The van der Waals surface area contributed by atoms with Crippen molar-refractivity contribution in [1.29, 1.82) is 0 Å². The number of carbonyl (C=O) groups excluding carboxylic acids is 1. The summed E-state index contributed by atoms with van der Waals surface area (Å²) in [6, 6.07) is 5.96. The molecule has 0 atom stereocenters. The maximum absolute atomic E-state index is 12.1. The Labute approximate surface area is 127 Å². The molecule has 3 heteroatoms. The first-order valence-corrected chi connectivity index (χ1v) is 7.96. The minimum atomic E-state index is -0.252. The highest BCUT2D eigenvalue weighted by molar-refractivity contribution is 5.71. The fourth-order valence-corrected chi connectivity index (χ4v) is 3.15. The molecule has 0 aromatic heterocycles. The summed E-state index contributed by atoms with van der Waals surface area (Å²) in [6.07, 6.45) is 6.41. The van der Waals surface area contributed by atoms with Crippen LogP contribution in [0.25, 0.3) is 0 Å². The molecule has 0 bridgehead atoms. The van der Waals surface area contributed by atoms with E-state index in [2.05, 4.69) is 13.0 Å². The van der Waals surface area contributed by atoms with E-state index in [-0.39, 0.29) is 18.2 Å². The number of benzene rings is 1. The molecule has 0 aliphatic heterocycles. The summed E-state index contributed by atoms with van der Waals surface area (Å²) in [5.41, 5.74) is 2.02. The van der Waals surface area contributed by atoms with Crippen molar-refractivity contribution in [1.82, 2.24) is 0 Å². The average molecular weight is 290 g/mol. The molecule has 0 unspecified atom stereocenters. The van der Waals surface area contributed by atoms with Crippen LogP contribution in [0.2, 0.25) is 0 Å². The SMILES string of the molecule is CCC1(OC(=O)COc2cc(C)cc(C)c2)CCCCC1. The van der Waals surface area contributed by atoms with E-state index in [0.717, 1.165) is 49.0 Å². The number of ether oxygens (including phenoxy) is 2. The Kier molecular flexibility index (Phi) is 5.27. The molecule has 0 saturated heterocycles. The molecule has 2 rings (SSSR count). The Balaban J connectivity index is 1.89.